The lowest BCUT2D eigenvalue weighted by Crippen LogP contribution is -2.43. The Morgan fingerprint density at radius 3 is 2.80 bits per heavy atom. The maximum Gasteiger partial charge on any atom is 0.310 e. The van der Waals surface area contributed by atoms with Crippen LogP contribution in [0.25, 0.3) is 0 Å². The number of ether oxygens (including phenoxy) is 1. The van der Waals surface area contributed by atoms with Gasteiger partial charge in [0.1, 0.15) is 18.0 Å². The van der Waals surface area contributed by atoms with Crippen molar-refractivity contribution in [3.8, 4) is 0 Å². The standard InChI is InChI=1S/C22H35N5O3/c1-3-23-19-13-20(25-16-24-19)26-11-5-7-17(14-26)9-10-21(28)27-12-6-8-18(15-27)22(29)30-4-2/h13,16-18H,3-12,14-15H2,1-2H3,(H,23,24,25)/t17-,18+/m1/s1. The Hall–Kier alpha value is -2.38. The number of amides is 1. The van der Waals surface area contributed by atoms with Gasteiger partial charge in [0.2, 0.25) is 5.91 Å². The minimum Gasteiger partial charge on any atom is -0.466 e. The van der Waals surface area contributed by atoms with Crippen molar-refractivity contribution < 1.29 is 14.3 Å². The summed E-state index contributed by atoms with van der Waals surface area (Å²) in [6, 6.07) is 2.00. The Labute approximate surface area is 179 Å². The molecule has 0 aliphatic carbocycles. The topological polar surface area (TPSA) is 87.7 Å². The van der Waals surface area contributed by atoms with E-state index < -0.39 is 0 Å². The van der Waals surface area contributed by atoms with Gasteiger partial charge in [0.15, 0.2) is 0 Å². The fraction of sp³-hybridized carbons (Fsp3) is 0.727. The van der Waals surface area contributed by atoms with Crippen molar-refractivity contribution in [2.45, 2.75) is 52.4 Å². The van der Waals surface area contributed by atoms with Crippen LogP contribution in [0.3, 0.4) is 0 Å². The summed E-state index contributed by atoms with van der Waals surface area (Å²) in [6.45, 7) is 8.25. The molecule has 0 unspecified atom stereocenters. The first-order valence-corrected chi connectivity index (χ1v) is 11.4. The van der Waals surface area contributed by atoms with Gasteiger partial charge in [0.05, 0.1) is 12.5 Å². The molecule has 0 aromatic carbocycles. The van der Waals surface area contributed by atoms with Gasteiger partial charge in [-0.3, -0.25) is 9.59 Å². The number of anilines is 2. The van der Waals surface area contributed by atoms with E-state index >= 15 is 0 Å². The van der Waals surface area contributed by atoms with Gasteiger partial charge < -0.3 is 19.9 Å². The molecule has 0 saturated carbocycles. The molecule has 8 heteroatoms. The third kappa shape index (κ3) is 6.06. The second-order valence-corrected chi connectivity index (χ2v) is 8.22. The molecule has 30 heavy (non-hydrogen) atoms. The van der Waals surface area contributed by atoms with Crippen LogP contribution in [0.1, 0.15) is 52.4 Å². The second-order valence-electron chi connectivity index (χ2n) is 8.22. The fourth-order valence-electron chi connectivity index (χ4n) is 4.45. The molecule has 2 saturated heterocycles. The zero-order chi connectivity index (χ0) is 21.3. The lowest BCUT2D eigenvalue weighted by molar-refractivity contribution is -0.151. The third-order valence-electron chi connectivity index (χ3n) is 6.01. The molecule has 1 N–H and O–H groups in total. The first-order valence-electron chi connectivity index (χ1n) is 11.4. The van der Waals surface area contributed by atoms with Crippen LogP contribution in [0.4, 0.5) is 11.6 Å². The van der Waals surface area contributed by atoms with Crippen molar-refractivity contribution >= 4 is 23.5 Å². The van der Waals surface area contributed by atoms with E-state index in [0.29, 0.717) is 25.5 Å². The smallest absolute Gasteiger partial charge is 0.310 e. The molecular formula is C22H35N5O3. The number of esters is 1. The van der Waals surface area contributed by atoms with E-state index in [1.165, 1.54) is 0 Å². The number of rotatable bonds is 8. The highest BCUT2D eigenvalue weighted by atomic mass is 16.5. The van der Waals surface area contributed by atoms with Crippen LogP contribution in [0, 0.1) is 11.8 Å². The third-order valence-corrected chi connectivity index (χ3v) is 6.01. The lowest BCUT2D eigenvalue weighted by Gasteiger charge is -2.35. The Bertz CT molecular complexity index is 714. The monoisotopic (exact) mass is 417 g/mol. The molecule has 1 aromatic heterocycles. The van der Waals surface area contributed by atoms with Crippen LogP contribution < -0.4 is 10.2 Å². The number of hydrogen-bond acceptors (Lipinski definition) is 7. The van der Waals surface area contributed by atoms with Gasteiger partial charge in [-0.15, -0.1) is 0 Å². The van der Waals surface area contributed by atoms with Gasteiger partial charge in [0.25, 0.3) is 0 Å². The largest absolute Gasteiger partial charge is 0.466 e. The summed E-state index contributed by atoms with van der Waals surface area (Å²) < 4.78 is 5.14. The van der Waals surface area contributed by atoms with E-state index in [-0.39, 0.29) is 17.8 Å². The summed E-state index contributed by atoms with van der Waals surface area (Å²) in [5.74, 6) is 2.10. The average Bonchev–Trinajstić information content (AvgIpc) is 2.78. The molecule has 2 fully saturated rings. The zero-order valence-electron chi connectivity index (χ0n) is 18.3. The van der Waals surface area contributed by atoms with Gasteiger partial charge in [-0.25, -0.2) is 9.97 Å². The Morgan fingerprint density at radius 2 is 2.00 bits per heavy atom. The van der Waals surface area contributed by atoms with Gasteiger partial charge in [-0.2, -0.15) is 0 Å². The maximum atomic E-state index is 12.8. The van der Waals surface area contributed by atoms with Crippen LogP contribution in [-0.2, 0) is 14.3 Å². The van der Waals surface area contributed by atoms with Crippen molar-refractivity contribution in [3.05, 3.63) is 12.4 Å². The lowest BCUT2D eigenvalue weighted by atomic mass is 9.92. The molecule has 3 heterocycles. The number of aromatic nitrogens is 2. The molecule has 2 atom stereocenters. The van der Waals surface area contributed by atoms with Gasteiger partial charge in [-0.05, 0) is 51.9 Å². The minimum atomic E-state index is -0.170. The van der Waals surface area contributed by atoms with E-state index in [9.17, 15) is 9.59 Å². The molecule has 0 radical (unpaired) electrons. The highest BCUT2D eigenvalue weighted by Crippen LogP contribution is 2.26. The SMILES string of the molecule is CCNc1cc(N2CCC[C@H](CCC(=O)N3CCC[C@H](C(=O)OCC)C3)C2)ncn1. The quantitative estimate of drug-likeness (QED) is 0.651. The van der Waals surface area contributed by atoms with Crippen molar-refractivity contribution in [1.29, 1.82) is 0 Å². The van der Waals surface area contributed by atoms with Crippen LogP contribution in [-0.4, -0.2) is 66.1 Å². The average molecular weight is 418 g/mol. The Morgan fingerprint density at radius 1 is 1.17 bits per heavy atom. The number of nitrogens with zero attached hydrogens (tertiary/aromatic N) is 4. The van der Waals surface area contributed by atoms with Crippen LogP contribution in [0.2, 0.25) is 0 Å². The first kappa shape index (κ1) is 22.3. The predicted molar refractivity (Wildman–Crippen MR) is 116 cm³/mol. The Kier molecular flexibility index (Phi) is 8.28. The van der Waals surface area contributed by atoms with E-state index in [0.717, 1.165) is 69.9 Å². The van der Waals surface area contributed by atoms with Gasteiger partial charge >= 0.3 is 5.97 Å². The number of nitrogens with one attached hydrogen (secondary N) is 1. The van der Waals surface area contributed by atoms with E-state index in [4.69, 9.17) is 4.74 Å². The fourth-order valence-corrected chi connectivity index (χ4v) is 4.45. The summed E-state index contributed by atoms with van der Waals surface area (Å²) in [6.07, 6.45) is 6.95. The summed E-state index contributed by atoms with van der Waals surface area (Å²) >= 11 is 0. The maximum absolute atomic E-state index is 12.8. The molecule has 2 aliphatic heterocycles. The number of piperidine rings is 2. The minimum absolute atomic E-state index is 0.164. The molecule has 1 amide bonds. The number of carbonyl (C=O) groups is 2. The summed E-state index contributed by atoms with van der Waals surface area (Å²) in [5.41, 5.74) is 0. The molecular weight excluding hydrogens is 382 g/mol. The summed E-state index contributed by atoms with van der Waals surface area (Å²) in [4.78, 5) is 37.7. The highest BCUT2D eigenvalue weighted by Gasteiger charge is 2.30. The number of hydrogen-bond donors (Lipinski definition) is 1. The van der Waals surface area contributed by atoms with Crippen molar-refractivity contribution in [2.75, 3.05) is 49.5 Å². The van der Waals surface area contributed by atoms with Gasteiger partial charge in [0, 0.05) is 45.2 Å². The summed E-state index contributed by atoms with van der Waals surface area (Å²) in [7, 11) is 0. The molecule has 166 valence electrons. The normalized spacial score (nSPS) is 21.9. The van der Waals surface area contributed by atoms with E-state index in [2.05, 4.69) is 20.2 Å². The molecule has 2 aliphatic rings. The second kappa shape index (κ2) is 11.1. The van der Waals surface area contributed by atoms with Crippen LogP contribution in [0.15, 0.2) is 12.4 Å². The van der Waals surface area contributed by atoms with E-state index in [1.54, 1.807) is 6.33 Å². The van der Waals surface area contributed by atoms with E-state index in [1.807, 2.05) is 24.8 Å². The van der Waals surface area contributed by atoms with Crippen LogP contribution >= 0.6 is 0 Å². The Balaban J connectivity index is 1.49. The number of likely N-dealkylation sites (tertiary alicyclic amines) is 1. The van der Waals surface area contributed by atoms with Crippen molar-refractivity contribution in [2.24, 2.45) is 11.8 Å². The van der Waals surface area contributed by atoms with Crippen molar-refractivity contribution in [1.82, 2.24) is 14.9 Å². The highest BCUT2D eigenvalue weighted by molar-refractivity contribution is 5.78. The zero-order valence-corrected chi connectivity index (χ0v) is 18.3. The molecule has 3 rings (SSSR count). The summed E-state index contributed by atoms with van der Waals surface area (Å²) in [5, 5.41) is 3.23. The molecule has 1 aromatic rings. The van der Waals surface area contributed by atoms with Crippen molar-refractivity contribution in [3.63, 3.8) is 0 Å². The molecule has 8 nitrogen and oxygen atoms in total. The van der Waals surface area contributed by atoms with Gasteiger partial charge in [-0.1, -0.05) is 0 Å². The van der Waals surface area contributed by atoms with Crippen LogP contribution in [0.5, 0.6) is 0 Å². The predicted octanol–water partition coefficient (Wildman–Crippen LogP) is 2.71. The molecule has 0 bridgehead atoms. The number of carbonyl (C=O) groups excluding carboxylic acids is 2. The first-order chi connectivity index (χ1) is 14.6. The molecule has 0 spiro atoms.